The molecule has 5 heteroatoms. The molecule has 4 nitrogen and oxygen atoms in total. The number of hydrogen-bond acceptors (Lipinski definition) is 2. The fourth-order valence-corrected chi connectivity index (χ4v) is 2.69. The summed E-state index contributed by atoms with van der Waals surface area (Å²) in [6.07, 6.45) is 0.760. The maximum atomic E-state index is 12.3. The Bertz CT molecular complexity index is 703. The number of carboxylic acids is 1. The van der Waals surface area contributed by atoms with Gasteiger partial charge in [0.25, 0.3) is 0 Å². The molecule has 0 bridgehead atoms. The molecule has 0 aliphatic rings. The van der Waals surface area contributed by atoms with E-state index < -0.39 is 12.0 Å². The number of rotatable bonds is 7. The fourth-order valence-electron chi connectivity index (χ4n) is 2.47. The van der Waals surface area contributed by atoms with Gasteiger partial charge in [0, 0.05) is 17.4 Å². The first-order valence-electron chi connectivity index (χ1n) is 7.77. The van der Waals surface area contributed by atoms with Gasteiger partial charge in [-0.3, -0.25) is 4.79 Å². The average molecular weight is 346 g/mol. The monoisotopic (exact) mass is 345 g/mol. The van der Waals surface area contributed by atoms with Crippen molar-refractivity contribution in [1.82, 2.24) is 5.32 Å². The Balaban J connectivity index is 1.98. The number of benzene rings is 2. The quantitative estimate of drug-likeness (QED) is 0.808. The van der Waals surface area contributed by atoms with Gasteiger partial charge >= 0.3 is 5.97 Å². The molecule has 24 heavy (non-hydrogen) atoms. The van der Waals surface area contributed by atoms with Crippen LogP contribution in [0, 0.1) is 5.92 Å². The maximum Gasteiger partial charge on any atom is 0.326 e. The van der Waals surface area contributed by atoms with E-state index in [-0.39, 0.29) is 18.2 Å². The third-order valence-corrected chi connectivity index (χ3v) is 4.01. The van der Waals surface area contributed by atoms with E-state index >= 15 is 0 Å². The highest BCUT2D eigenvalue weighted by atomic mass is 35.5. The second-order valence-electron chi connectivity index (χ2n) is 5.82. The number of carboxylic acid groups (broad SMARTS) is 1. The van der Waals surface area contributed by atoms with E-state index in [0.29, 0.717) is 11.4 Å². The molecule has 2 N–H and O–H groups in total. The number of carbonyl (C=O) groups is 2. The van der Waals surface area contributed by atoms with E-state index in [2.05, 4.69) is 5.32 Å². The zero-order chi connectivity index (χ0) is 17.5. The van der Waals surface area contributed by atoms with Crippen LogP contribution in [0.5, 0.6) is 0 Å². The van der Waals surface area contributed by atoms with Gasteiger partial charge in [0.1, 0.15) is 6.04 Å². The van der Waals surface area contributed by atoms with Crippen LogP contribution in [0.4, 0.5) is 0 Å². The first kappa shape index (κ1) is 18.0. The lowest BCUT2D eigenvalue weighted by Crippen LogP contribution is -2.44. The fraction of sp³-hybridized carbons (Fsp3) is 0.263. The minimum Gasteiger partial charge on any atom is -0.480 e. The summed E-state index contributed by atoms with van der Waals surface area (Å²) < 4.78 is 0. The highest BCUT2D eigenvalue weighted by Gasteiger charge is 2.23. The van der Waals surface area contributed by atoms with Crippen LogP contribution in [0.2, 0.25) is 5.02 Å². The summed E-state index contributed by atoms with van der Waals surface area (Å²) in [4.78, 5) is 23.8. The molecule has 0 spiro atoms. The molecule has 0 aliphatic carbocycles. The zero-order valence-corrected chi connectivity index (χ0v) is 14.2. The highest BCUT2D eigenvalue weighted by molar-refractivity contribution is 6.30. The van der Waals surface area contributed by atoms with Crippen molar-refractivity contribution in [2.45, 2.75) is 25.8 Å². The van der Waals surface area contributed by atoms with Gasteiger partial charge in [0.05, 0.1) is 0 Å². The molecule has 2 atom stereocenters. The first-order valence-corrected chi connectivity index (χ1v) is 8.15. The molecule has 126 valence electrons. The predicted molar refractivity (Wildman–Crippen MR) is 94.0 cm³/mol. The third kappa shape index (κ3) is 5.39. The van der Waals surface area contributed by atoms with Crippen molar-refractivity contribution in [1.29, 1.82) is 0 Å². The number of amides is 1. The van der Waals surface area contributed by atoms with E-state index in [1.54, 1.807) is 13.0 Å². The Morgan fingerprint density at radius 1 is 1.04 bits per heavy atom. The Morgan fingerprint density at radius 2 is 1.71 bits per heavy atom. The molecular weight excluding hydrogens is 326 g/mol. The van der Waals surface area contributed by atoms with E-state index in [1.165, 1.54) is 0 Å². The molecule has 2 aromatic rings. The van der Waals surface area contributed by atoms with Gasteiger partial charge in [-0.25, -0.2) is 4.79 Å². The van der Waals surface area contributed by atoms with Gasteiger partial charge in [-0.1, -0.05) is 61.0 Å². The largest absolute Gasteiger partial charge is 0.480 e. The summed E-state index contributed by atoms with van der Waals surface area (Å²) in [6.45, 7) is 1.78. The van der Waals surface area contributed by atoms with E-state index in [4.69, 9.17) is 11.6 Å². The minimum atomic E-state index is -1.04. The van der Waals surface area contributed by atoms with Crippen LogP contribution in [0.3, 0.4) is 0 Å². The van der Waals surface area contributed by atoms with Crippen molar-refractivity contribution >= 4 is 23.5 Å². The summed E-state index contributed by atoms with van der Waals surface area (Å²) in [5.41, 5.74) is 1.81. The van der Waals surface area contributed by atoms with Crippen LogP contribution in [0.25, 0.3) is 0 Å². The Labute approximate surface area is 146 Å². The second kappa shape index (κ2) is 8.50. The SMILES string of the molecule is CC(Cc1cccc(Cl)c1)C(=O)N[C@H](Cc1ccccc1)C(=O)O. The van der Waals surface area contributed by atoms with Gasteiger partial charge in [0.2, 0.25) is 5.91 Å². The standard InChI is InChI=1S/C19H20ClNO3/c1-13(10-15-8-5-9-16(20)11-15)18(22)21-17(19(23)24)12-14-6-3-2-4-7-14/h2-9,11,13,17H,10,12H2,1H3,(H,21,22)(H,23,24)/t13?,17-/m1/s1. The summed E-state index contributed by atoms with van der Waals surface area (Å²) in [6, 6.07) is 15.6. The van der Waals surface area contributed by atoms with Gasteiger partial charge in [-0.15, -0.1) is 0 Å². The molecular formula is C19H20ClNO3. The van der Waals surface area contributed by atoms with Crippen molar-refractivity contribution in [2.75, 3.05) is 0 Å². The molecule has 2 aromatic carbocycles. The molecule has 0 aromatic heterocycles. The maximum absolute atomic E-state index is 12.3. The van der Waals surface area contributed by atoms with Crippen molar-refractivity contribution in [3.05, 3.63) is 70.7 Å². The van der Waals surface area contributed by atoms with E-state index in [0.717, 1.165) is 11.1 Å². The summed E-state index contributed by atoms with van der Waals surface area (Å²) >= 11 is 5.95. The second-order valence-corrected chi connectivity index (χ2v) is 6.26. The average Bonchev–Trinajstić information content (AvgIpc) is 2.55. The lowest BCUT2D eigenvalue weighted by atomic mass is 9.99. The Morgan fingerprint density at radius 3 is 2.33 bits per heavy atom. The highest BCUT2D eigenvalue weighted by Crippen LogP contribution is 2.15. The van der Waals surface area contributed by atoms with Gasteiger partial charge in [0.15, 0.2) is 0 Å². The van der Waals surface area contributed by atoms with Crippen LogP contribution >= 0.6 is 11.6 Å². The number of nitrogens with one attached hydrogen (secondary N) is 1. The predicted octanol–water partition coefficient (Wildman–Crippen LogP) is 3.33. The molecule has 0 aliphatic heterocycles. The molecule has 1 amide bonds. The van der Waals surface area contributed by atoms with Crippen molar-refractivity contribution in [3.63, 3.8) is 0 Å². The van der Waals surface area contributed by atoms with Gasteiger partial charge in [-0.2, -0.15) is 0 Å². The van der Waals surface area contributed by atoms with Crippen LogP contribution in [-0.2, 0) is 22.4 Å². The van der Waals surface area contributed by atoms with Crippen LogP contribution in [0.1, 0.15) is 18.1 Å². The molecule has 0 saturated heterocycles. The normalized spacial score (nSPS) is 13.1. The van der Waals surface area contributed by atoms with Crippen LogP contribution in [-0.4, -0.2) is 23.0 Å². The molecule has 2 rings (SSSR count). The van der Waals surface area contributed by atoms with Gasteiger partial charge < -0.3 is 10.4 Å². The molecule has 0 heterocycles. The smallest absolute Gasteiger partial charge is 0.326 e. The Hall–Kier alpha value is -2.33. The molecule has 1 unspecified atom stereocenters. The van der Waals surface area contributed by atoms with Crippen molar-refractivity contribution < 1.29 is 14.7 Å². The molecule has 0 radical (unpaired) electrons. The number of hydrogen-bond donors (Lipinski definition) is 2. The van der Waals surface area contributed by atoms with Crippen LogP contribution < -0.4 is 5.32 Å². The van der Waals surface area contributed by atoms with E-state index in [9.17, 15) is 14.7 Å². The first-order chi connectivity index (χ1) is 11.5. The molecule has 0 saturated carbocycles. The van der Waals surface area contributed by atoms with Crippen LogP contribution in [0.15, 0.2) is 54.6 Å². The third-order valence-electron chi connectivity index (χ3n) is 3.78. The lowest BCUT2D eigenvalue weighted by Gasteiger charge is -2.18. The summed E-state index contributed by atoms with van der Waals surface area (Å²) in [7, 11) is 0. The minimum absolute atomic E-state index is 0.256. The summed E-state index contributed by atoms with van der Waals surface area (Å²) in [5, 5.41) is 12.6. The zero-order valence-electron chi connectivity index (χ0n) is 13.4. The number of halogens is 1. The topological polar surface area (TPSA) is 66.4 Å². The van der Waals surface area contributed by atoms with Crippen molar-refractivity contribution in [2.24, 2.45) is 5.92 Å². The summed E-state index contributed by atoms with van der Waals surface area (Å²) in [5.74, 6) is -1.67. The molecule has 0 fully saturated rings. The van der Waals surface area contributed by atoms with Gasteiger partial charge in [-0.05, 0) is 29.7 Å². The van der Waals surface area contributed by atoms with Crippen molar-refractivity contribution in [3.8, 4) is 0 Å². The lowest BCUT2D eigenvalue weighted by molar-refractivity contribution is -0.142. The number of carbonyl (C=O) groups excluding carboxylic acids is 1. The van der Waals surface area contributed by atoms with E-state index in [1.807, 2.05) is 48.5 Å². The Kier molecular flexibility index (Phi) is 6.38. The number of aliphatic carboxylic acids is 1.